The van der Waals surface area contributed by atoms with Gasteiger partial charge in [-0.25, -0.2) is 8.78 Å². The molecule has 0 aliphatic rings. The Morgan fingerprint density at radius 1 is 1.38 bits per heavy atom. The van der Waals surface area contributed by atoms with E-state index in [-0.39, 0.29) is 11.8 Å². The van der Waals surface area contributed by atoms with Gasteiger partial charge in [0.25, 0.3) is 0 Å². The summed E-state index contributed by atoms with van der Waals surface area (Å²) in [4.78, 5) is 10.4. The minimum Gasteiger partial charge on any atom is -0.378 e. The molecular formula is C9H8F2O2. The molecule has 1 unspecified atom stereocenters. The topological polar surface area (TPSA) is 37.3 Å². The predicted octanol–water partition coefficient (Wildman–Crippen LogP) is 1.37. The number of hydrogen-bond donors (Lipinski definition) is 1. The van der Waals surface area contributed by atoms with Gasteiger partial charge >= 0.3 is 0 Å². The molecule has 1 N–H and O–H groups in total. The number of carbonyl (C=O) groups is 1. The highest BCUT2D eigenvalue weighted by molar-refractivity contribution is 5.64. The van der Waals surface area contributed by atoms with E-state index in [9.17, 15) is 18.7 Å². The normalized spacial score (nSPS) is 15.1. The van der Waals surface area contributed by atoms with Crippen molar-refractivity contribution in [1.82, 2.24) is 0 Å². The Hall–Kier alpha value is -1.29. The van der Waals surface area contributed by atoms with Gasteiger partial charge in [-0.05, 0) is 24.6 Å². The van der Waals surface area contributed by atoms with Gasteiger partial charge in [0.2, 0.25) is 0 Å². The third-order valence-electron chi connectivity index (χ3n) is 1.73. The van der Waals surface area contributed by atoms with Crippen LogP contribution in [0.5, 0.6) is 0 Å². The fourth-order valence-electron chi connectivity index (χ4n) is 0.879. The van der Waals surface area contributed by atoms with Crippen molar-refractivity contribution in [2.45, 2.75) is 12.5 Å². The van der Waals surface area contributed by atoms with Gasteiger partial charge in [-0.1, -0.05) is 6.07 Å². The lowest BCUT2D eigenvalue weighted by atomic mass is 9.98. The molecule has 0 aliphatic heterocycles. The Morgan fingerprint density at radius 3 is 2.46 bits per heavy atom. The fraction of sp³-hybridized carbons (Fsp3) is 0.222. The van der Waals surface area contributed by atoms with Crippen LogP contribution in [-0.2, 0) is 10.4 Å². The predicted molar refractivity (Wildman–Crippen MR) is 42.0 cm³/mol. The summed E-state index contributed by atoms with van der Waals surface area (Å²) in [6.45, 7) is 1.20. The van der Waals surface area contributed by atoms with Crippen molar-refractivity contribution in [3.05, 3.63) is 35.4 Å². The van der Waals surface area contributed by atoms with E-state index in [2.05, 4.69) is 0 Å². The minimum atomic E-state index is -1.77. The first-order valence-electron chi connectivity index (χ1n) is 3.61. The van der Waals surface area contributed by atoms with Crippen LogP contribution < -0.4 is 0 Å². The highest BCUT2D eigenvalue weighted by Crippen LogP contribution is 2.19. The SMILES string of the molecule is CC(O)(C=O)c1ccc(F)c(F)c1. The Bertz CT molecular complexity index is 334. The van der Waals surface area contributed by atoms with Gasteiger partial charge in [-0.15, -0.1) is 0 Å². The molecule has 1 atom stereocenters. The summed E-state index contributed by atoms with van der Waals surface area (Å²) in [6, 6.07) is 2.82. The van der Waals surface area contributed by atoms with Crippen molar-refractivity contribution < 1.29 is 18.7 Å². The van der Waals surface area contributed by atoms with Crippen molar-refractivity contribution in [2.24, 2.45) is 0 Å². The van der Waals surface area contributed by atoms with Gasteiger partial charge in [-0.2, -0.15) is 0 Å². The summed E-state index contributed by atoms with van der Waals surface area (Å²) in [5, 5.41) is 9.35. The van der Waals surface area contributed by atoms with E-state index < -0.39 is 17.2 Å². The molecule has 0 amide bonds. The zero-order valence-corrected chi connectivity index (χ0v) is 6.92. The number of hydrogen-bond acceptors (Lipinski definition) is 2. The van der Waals surface area contributed by atoms with Crippen molar-refractivity contribution in [3.8, 4) is 0 Å². The average molecular weight is 186 g/mol. The van der Waals surface area contributed by atoms with Crippen LogP contribution in [0.4, 0.5) is 8.78 Å². The van der Waals surface area contributed by atoms with Gasteiger partial charge in [0.05, 0.1) is 0 Å². The molecular weight excluding hydrogens is 178 g/mol. The molecule has 0 fully saturated rings. The Morgan fingerprint density at radius 2 is 2.00 bits per heavy atom. The number of carbonyl (C=O) groups excluding carboxylic acids is 1. The standard InChI is InChI=1S/C9H8F2O2/c1-9(13,5-12)6-2-3-7(10)8(11)4-6/h2-5,13H,1H3. The Balaban J connectivity index is 3.18. The molecule has 1 aromatic rings. The summed E-state index contributed by atoms with van der Waals surface area (Å²) >= 11 is 0. The lowest BCUT2D eigenvalue weighted by Crippen LogP contribution is -2.22. The summed E-state index contributed by atoms with van der Waals surface area (Å²) < 4.78 is 25.1. The first kappa shape index (κ1) is 9.80. The number of rotatable bonds is 2. The first-order valence-corrected chi connectivity index (χ1v) is 3.61. The van der Waals surface area contributed by atoms with Gasteiger partial charge in [0, 0.05) is 0 Å². The van der Waals surface area contributed by atoms with E-state index in [0.29, 0.717) is 0 Å². The van der Waals surface area contributed by atoms with E-state index in [4.69, 9.17) is 0 Å². The molecule has 0 saturated heterocycles. The van der Waals surface area contributed by atoms with Crippen LogP contribution in [0, 0.1) is 11.6 Å². The summed E-state index contributed by atoms with van der Waals surface area (Å²) in [5.41, 5.74) is -1.74. The van der Waals surface area contributed by atoms with Crippen LogP contribution in [0.2, 0.25) is 0 Å². The van der Waals surface area contributed by atoms with Crippen LogP contribution >= 0.6 is 0 Å². The van der Waals surface area contributed by atoms with E-state index in [1.807, 2.05) is 0 Å². The van der Waals surface area contributed by atoms with Crippen LogP contribution in [0.15, 0.2) is 18.2 Å². The van der Waals surface area contributed by atoms with Crippen molar-refractivity contribution >= 4 is 6.29 Å². The van der Waals surface area contributed by atoms with E-state index in [1.165, 1.54) is 6.92 Å². The fourth-order valence-corrected chi connectivity index (χ4v) is 0.879. The molecule has 70 valence electrons. The second-order valence-corrected chi connectivity index (χ2v) is 2.89. The molecule has 0 aromatic heterocycles. The maximum absolute atomic E-state index is 12.6. The number of aldehydes is 1. The molecule has 2 nitrogen and oxygen atoms in total. The summed E-state index contributed by atoms with van der Waals surface area (Å²) in [7, 11) is 0. The van der Waals surface area contributed by atoms with Gasteiger partial charge < -0.3 is 5.11 Å². The van der Waals surface area contributed by atoms with Gasteiger partial charge in [0.15, 0.2) is 17.9 Å². The molecule has 1 aromatic carbocycles. The third kappa shape index (κ3) is 1.89. The van der Waals surface area contributed by atoms with E-state index in [1.54, 1.807) is 0 Å². The highest BCUT2D eigenvalue weighted by atomic mass is 19.2. The molecule has 0 bridgehead atoms. The molecule has 1 rings (SSSR count). The first-order chi connectivity index (χ1) is 5.97. The van der Waals surface area contributed by atoms with Crippen molar-refractivity contribution in [3.63, 3.8) is 0 Å². The zero-order valence-electron chi connectivity index (χ0n) is 6.92. The van der Waals surface area contributed by atoms with Gasteiger partial charge in [-0.3, -0.25) is 4.79 Å². The monoisotopic (exact) mass is 186 g/mol. The van der Waals surface area contributed by atoms with E-state index in [0.717, 1.165) is 18.2 Å². The third-order valence-corrected chi connectivity index (χ3v) is 1.73. The quantitative estimate of drug-likeness (QED) is 0.708. The molecule has 0 saturated carbocycles. The maximum Gasteiger partial charge on any atom is 0.159 e. The average Bonchev–Trinajstić information content (AvgIpc) is 2.09. The van der Waals surface area contributed by atoms with Crippen LogP contribution in [0.25, 0.3) is 0 Å². The molecule has 0 heterocycles. The molecule has 13 heavy (non-hydrogen) atoms. The van der Waals surface area contributed by atoms with Crippen molar-refractivity contribution in [1.29, 1.82) is 0 Å². The zero-order chi connectivity index (χ0) is 10.1. The molecule has 0 radical (unpaired) electrons. The lowest BCUT2D eigenvalue weighted by molar-refractivity contribution is -0.123. The number of aliphatic hydroxyl groups is 1. The Kier molecular flexibility index (Phi) is 2.43. The number of halogens is 2. The minimum absolute atomic E-state index is 0.0291. The molecule has 0 aliphatic carbocycles. The largest absolute Gasteiger partial charge is 0.378 e. The summed E-state index contributed by atoms with van der Waals surface area (Å²) in [6.07, 6.45) is 0.264. The lowest BCUT2D eigenvalue weighted by Gasteiger charge is -2.15. The number of benzene rings is 1. The Labute approximate surface area is 73.8 Å². The van der Waals surface area contributed by atoms with Crippen LogP contribution in [0.1, 0.15) is 12.5 Å². The van der Waals surface area contributed by atoms with Crippen molar-refractivity contribution in [2.75, 3.05) is 0 Å². The highest BCUT2D eigenvalue weighted by Gasteiger charge is 2.22. The smallest absolute Gasteiger partial charge is 0.159 e. The maximum atomic E-state index is 12.6. The molecule has 4 heteroatoms. The van der Waals surface area contributed by atoms with Gasteiger partial charge in [0.1, 0.15) is 5.60 Å². The van der Waals surface area contributed by atoms with Crippen LogP contribution in [0.3, 0.4) is 0 Å². The summed E-state index contributed by atoms with van der Waals surface area (Å²) in [5.74, 6) is -2.09. The second-order valence-electron chi connectivity index (χ2n) is 2.89. The molecule has 0 spiro atoms. The van der Waals surface area contributed by atoms with E-state index >= 15 is 0 Å². The van der Waals surface area contributed by atoms with Crippen LogP contribution in [-0.4, -0.2) is 11.4 Å². The second kappa shape index (κ2) is 3.22.